The van der Waals surface area contributed by atoms with Crippen molar-refractivity contribution in [2.24, 2.45) is 7.05 Å². The Kier molecular flexibility index (Phi) is 4.23. The lowest BCUT2D eigenvalue weighted by Gasteiger charge is -2.11. The first-order valence-electron chi connectivity index (χ1n) is 5.70. The number of nitrogens with zero attached hydrogens (tertiary/aromatic N) is 2. The molecule has 0 atom stereocenters. The van der Waals surface area contributed by atoms with Crippen molar-refractivity contribution in [1.29, 1.82) is 0 Å². The average Bonchev–Trinajstić information content (AvgIpc) is 2.77. The minimum absolute atomic E-state index is 0.0817. The molecule has 0 saturated heterocycles. The highest BCUT2D eigenvalue weighted by Gasteiger charge is 2.08. The molecule has 0 bridgehead atoms. The van der Waals surface area contributed by atoms with Crippen LogP contribution >= 0.6 is 11.6 Å². The molecule has 0 aliphatic heterocycles. The summed E-state index contributed by atoms with van der Waals surface area (Å²) in [6.07, 6.45) is 2.50. The lowest BCUT2D eigenvalue weighted by molar-refractivity contribution is 0.263. The Balaban J connectivity index is 2.00. The molecular formula is C13H15ClN2O2. The van der Waals surface area contributed by atoms with Gasteiger partial charge in [-0.2, -0.15) is 5.10 Å². The van der Waals surface area contributed by atoms with E-state index >= 15 is 0 Å². The maximum absolute atomic E-state index is 9.22. The van der Waals surface area contributed by atoms with Crippen LogP contribution in [0.25, 0.3) is 0 Å². The molecule has 2 rings (SSSR count). The Labute approximate surface area is 111 Å². The lowest BCUT2D eigenvalue weighted by atomic mass is 10.2. The molecule has 4 nitrogen and oxygen atoms in total. The minimum atomic E-state index is -0.0817. The van der Waals surface area contributed by atoms with Crippen LogP contribution in [0.4, 0.5) is 0 Å². The van der Waals surface area contributed by atoms with Gasteiger partial charge in [0.15, 0.2) is 0 Å². The van der Waals surface area contributed by atoms with Gasteiger partial charge in [0.2, 0.25) is 0 Å². The van der Waals surface area contributed by atoms with E-state index in [0.717, 1.165) is 12.1 Å². The third-order valence-corrected chi connectivity index (χ3v) is 3.04. The molecule has 18 heavy (non-hydrogen) atoms. The minimum Gasteiger partial charge on any atom is -0.491 e. The highest BCUT2D eigenvalue weighted by atomic mass is 35.5. The summed E-state index contributed by atoms with van der Waals surface area (Å²) < 4.78 is 7.46. The van der Waals surface area contributed by atoms with E-state index in [1.807, 2.05) is 17.8 Å². The zero-order valence-corrected chi connectivity index (χ0v) is 10.9. The molecule has 1 heterocycles. The van der Waals surface area contributed by atoms with Crippen molar-refractivity contribution in [3.05, 3.63) is 46.7 Å². The molecule has 96 valence electrons. The van der Waals surface area contributed by atoms with Crippen molar-refractivity contribution < 1.29 is 9.84 Å². The van der Waals surface area contributed by atoms with Crippen molar-refractivity contribution in [3.63, 3.8) is 0 Å². The van der Waals surface area contributed by atoms with Gasteiger partial charge < -0.3 is 9.84 Å². The number of rotatable bonds is 5. The van der Waals surface area contributed by atoms with Crippen LogP contribution < -0.4 is 4.74 Å². The second-order valence-electron chi connectivity index (χ2n) is 3.93. The summed E-state index contributed by atoms with van der Waals surface area (Å²) in [5, 5.41) is 13.8. The molecule has 0 amide bonds. The van der Waals surface area contributed by atoms with E-state index in [4.69, 9.17) is 16.3 Å². The highest BCUT2D eigenvalue weighted by Crippen LogP contribution is 2.28. The number of ether oxygens (including phenoxy) is 1. The first-order chi connectivity index (χ1) is 8.72. The van der Waals surface area contributed by atoms with Crippen LogP contribution in [0.3, 0.4) is 0 Å². The van der Waals surface area contributed by atoms with Crippen molar-refractivity contribution in [3.8, 4) is 5.75 Å². The van der Waals surface area contributed by atoms with Crippen molar-refractivity contribution >= 4 is 11.6 Å². The SMILES string of the molecule is Cn1nccc1CCOc1c(Cl)cccc1CO. The summed E-state index contributed by atoms with van der Waals surface area (Å²) in [6, 6.07) is 7.29. The first-order valence-corrected chi connectivity index (χ1v) is 6.08. The molecule has 1 N–H and O–H groups in total. The van der Waals surface area contributed by atoms with E-state index in [-0.39, 0.29) is 6.61 Å². The Morgan fingerprint density at radius 1 is 1.39 bits per heavy atom. The number of aliphatic hydroxyl groups excluding tert-OH is 1. The fraction of sp³-hybridized carbons (Fsp3) is 0.308. The molecule has 5 heteroatoms. The van der Waals surface area contributed by atoms with Crippen LogP contribution in [0.15, 0.2) is 30.5 Å². The van der Waals surface area contributed by atoms with Gasteiger partial charge in [-0.3, -0.25) is 4.68 Å². The predicted molar refractivity (Wildman–Crippen MR) is 69.8 cm³/mol. The Morgan fingerprint density at radius 2 is 2.22 bits per heavy atom. The van der Waals surface area contributed by atoms with Gasteiger partial charge in [-0.05, 0) is 12.1 Å². The summed E-state index contributed by atoms with van der Waals surface area (Å²) in [4.78, 5) is 0. The van der Waals surface area contributed by atoms with E-state index in [1.165, 1.54) is 0 Å². The average molecular weight is 267 g/mol. The third-order valence-electron chi connectivity index (χ3n) is 2.75. The van der Waals surface area contributed by atoms with Crippen LogP contribution in [0.1, 0.15) is 11.3 Å². The number of para-hydroxylation sites is 1. The topological polar surface area (TPSA) is 47.3 Å². The number of halogens is 1. The quantitative estimate of drug-likeness (QED) is 0.902. The lowest BCUT2D eigenvalue weighted by Crippen LogP contribution is -2.07. The van der Waals surface area contributed by atoms with Crippen LogP contribution in [0, 0.1) is 0 Å². The van der Waals surface area contributed by atoms with Gasteiger partial charge >= 0.3 is 0 Å². The third kappa shape index (κ3) is 2.83. The van der Waals surface area contributed by atoms with Crippen molar-refractivity contribution in [2.75, 3.05) is 6.61 Å². The van der Waals surface area contributed by atoms with E-state index in [9.17, 15) is 5.11 Å². The summed E-state index contributed by atoms with van der Waals surface area (Å²) >= 11 is 6.05. The molecule has 0 fully saturated rings. The van der Waals surface area contributed by atoms with E-state index in [2.05, 4.69) is 5.10 Å². The summed E-state index contributed by atoms with van der Waals surface area (Å²) in [5.74, 6) is 0.559. The molecule has 1 aromatic heterocycles. The van der Waals surface area contributed by atoms with E-state index < -0.39 is 0 Å². The van der Waals surface area contributed by atoms with Gasteiger partial charge in [-0.1, -0.05) is 23.7 Å². The van der Waals surface area contributed by atoms with Gasteiger partial charge in [0.1, 0.15) is 5.75 Å². The van der Waals surface area contributed by atoms with Crippen LogP contribution in [-0.4, -0.2) is 21.5 Å². The zero-order valence-electron chi connectivity index (χ0n) is 10.1. The van der Waals surface area contributed by atoms with E-state index in [0.29, 0.717) is 22.9 Å². The Bertz CT molecular complexity index is 525. The number of benzene rings is 1. The van der Waals surface area contributed by atoms with Crippen molar-refractivity contribution in [2.45, 2.75) is 13.0 Å². The second-order valence-corrected chi connectivity index (χ2v) is 4.34. The molecule has 0 saturated carbocycles. The summed E-state index contributed by atoms with van der Waals surface area (Å²) in [6.45, 7) is 0.415. The summed E-state index contributed by atoms with van der Waals surface area (Å²) in [5.41, 5.74) is 1.79. The van der Waals surface area contributed by atoms with Gasteiger partial charge in [0, 0.05) is 30.9 Å². The molecule has 1 aromatic carbocycles. The number of hydrogen-bond acceptors (Lipinski definition) is 3. The Hall–Kier alpha value is -1.52. The number of hydrogen-bond donors (Lipinski definition) is 1. The van der Waals surface area contributed by atoms with Gasteiger partial charge in [-0.15, -0.1) is 0 Å². The molecule has 0 unspecified atom stereocenters. The van der Waals surface area contributed by atoms with Gasteiger partial charge in [-0.25, -0.2) is 0 Å². The fourth-order valence-corrected chi connectivity index (χ4v) is 1.99. The van der Waals surface area contributed by atoms with Crippen LogP contribution in [0.5, 0.6) is 5.75 Å². The van der Waals surface area contributed by atoms with Gasteiger partial charge in [0.25, 0.3) is 0 Å². The standard InChI is InChI=1S/C13H15ClN2O2/c1-16-11(5-7-15-16)6-8-18-13-10(9-17)3-2-4-12(13)14/h2-5,7,17H,6,8-9H2,1H3. The van der Waals surface area contributed by atoms with Crippen LogP contribution in [-0.2, 0) is 20.1 Å². The fourth-order valence-electron chi connectivity index (χ4n) is 1.74. The predicted octanol–water partition coefficient (Wildman–Crippen LogP) is 2.19. The molecule has 0 spiro atoms. The zero-order chi connectivity index (χ0) is 13.0. The normalized spacial score (nSPS) is 10.6. The van der Waals surface area contributed by atoms with Crippen LogP contribution in [0.2, 0.25) is 5.02 Å². The Morgan fingerprint density at radius 3 is 2.89 bits per heavy atom. The maximum atomic E-state index is 9.22. The number of aromatic nitrogens is 2. The van der Waals surface area contributed by atoms with E-state index in [1.54, 1.807) is 24.4 Å². The van der Waals surface area contributed by atoms with Gasteiger partial charge in [0.05, 0.1) is 18.2 Å². The first kappa shape index (κ1) is 12.9. The molecular weight excluding hydrogens is 252 g/mol. The number of aliphatic hydroxyl groups is 1. The van der Waals surface area contributed by atoms with Crippen molar-refractivity contribution in [1.82, 2.24) is 9.78 Å². The molecule has 0 radical (unpaired) electrons. The number of aryl methyl sites for hydroxylation is 1. The smallest absolute Gasteiger partial charge is 0.143 e. The monoisotopic (exact) mass is 266 g/mol. The second kappa shape index (κ2) is 5.89. The molecule has 2 aromatic rings. The summed E-state index contributed by atoms with van der Waals surface area (Å²) in [7, 11) is 1.89. The highest BCUT2D eigenvalue weighted by molar-refractivity contribution is 6.32. The molecule has 0 aliphatic rings. The largest absolute Gasteiger partial charge is 0.491 e. The molecule has 0 aliphatic carbocycles. The maximum Gasteiger partial charge on any atom is 0.143 e.